The van der Waals surface area contributed by atoms with Crippen LogP contribution < -0.4 is 4.90 Å². The Bertz CT molecular complexity index is 485. The lowest BCUT2D eigenvalue weighted by atomic mass is 10.1. The van der Waals surface area contributed by atoms with Crippen LogP contribution in [0.2, 0.25) is 0 Å². The van der Waals surface area contributed by atoms with Crippen LogP contribution in [0, 0.1) is 10.1 Å². The summed E-state index contributed by atoms with van der Waals surface area (Å²) in [5, 5.41) is 10.8. The van der Waals surface area contributed by atoms with Crippen LogP contribution in [-0.2, 0) is 11.2 Å². The van der Waals surface area contributed by atoms with Crippen molar-refractivity contribution in [1.82, 2.24) is 0 Å². The molecule has 0 saturated heterocycles. The van der Waals surface area contributed by atoms with Gasteiger partial charge in [0.2, 0.25) is 5.91 Å². The van der Waals surface area contributed by atoms with Crippen molar-refractivity contribution in [1.29, 1.82) is 0 Å². The molecule has 18 heavy (non-hydrogen) atoms. The van der Waals surface area contributed by atoms with E-state index in [0.717, 1.165) is 24.8 Å². The van der Waals surface area contributed by atoms with Gasteiger partial charge in [-0.15, -0.1) is 0 Å². The van der Waals surface area contributed by atoms with Crippen LogP contribution in [0.3, 0.4) is 0 Å². The molecule has 0 radical (unpaired) electrons. The second kappa shape index (κ2) is 5.16. The van der Waals surface area contributed by atoms with E-state index in [1.807, 2.05) is 6.92 Å². The molecule has 1 aromatic carbocycles. The third kappa shape index (κ3) is 2.34. The number of non-ortho nitro benzene ring substituents is 1. The summed E-state index contributed by atoms with van der Waals surface area (Å²) in [4.78, 5) is 24.0. The molecule has 0 fully saturated rings. The molecule has 1 aliphatic rings. The Morgan fingerprint density at radius 2 is 2.28 bits per heavy atom. The first-order valence-corrected chi connectivity index (χ1v) is 6.21. The van der Waals surface area contributed by atoms with Crippen molar-refractivity contribution in [3.05, 3.63) is 33.9 Å². The van der Waals surface area contributed by atoms with Crippen molar-refractivity contribution in [2.45, 2.75) is 32.6 Å². The minimum atomic E-state index is -0.423. The fourth-order valence-corrected chi connectivity index (χ4v) is 2.20. The predicted molar refractivity (Wildman–Crippen MR) is 68.7 cm³/mol. The second-order valence-electron chi connectivity index (χ2n) is 4.47. The van der Waals surface area contributed by atoms with Crippen LogP contribution in [0.1, 0.15) is 31.7 Å². The number of unbranched alkanes of at least 4 members (excludes halogenated alkanes) is 1. The smallest absolute Gasteiger partial charge is 0.271 e. The molecule has 1 heterocycles. The number of nitrogens with zero attached hydrogens (tertiary/aromatic N) is 2. The van der Waals surface area contributed by atoms with E-state index >= 15 is 0 Å². The number of carbonyl (C=O) groups is 1. The number of amides is 1. The Kier molecular flexibility index (Phi) is 3.60. The van der Waals surface area contributed by atoms with Gasteiger partial charge in [0.1, 0.15) is 0 Å². The van der Waals surface area contributed by atoms with E-state index in [1.54, 1.807) is 11.0 Å². The van der Waals surface area contributed by atoms with Gasteiger partial charge in [0, 0.05) is 25.1 Å². The van der Waals surface area contributed by atoms with Crippen molar-refractivity contribution in [3.8, 4) is 0 Å². The topological polar surface area (TPSA) is 63.5 Å². The second-order valence-corrected chi connectivity index (χ2v) is 4.47. The Hall–Kier alpha value is -1.91. The molecule has 5 heteroatoms. The number of hydrogen-bond donors (Lipinski definition) is 0. The lowest BCUT2D eigenvalue weighted by Gasteiger charge is -2.16. The van der Waals surface area contributed by atoms with E-state index in [4.69, 9.17) is 0 Å². The van der Waals surface area contributed by atoms with Gasteiger partial charge in [0.05, 0.1) is 10.6 Å². The standard InChI is InChI=1S/C13H16N2O3/c1-2-3-4-13(16)14-8-7-10-5-6-11(15(17)18)9-12(10)14/h5-6,9H,2-4,7-8H2,1H3. The van der Waals surface area contributed by atoms with Gasteiger partial charge in [-0.05, 0) is 18.4 Å². The summed E-state index contributed by atoms with van der Waals surface area (Å²) in [5.74, 6) is 0.0658. The van der Waals surface area contributed by atoms with Crippen molar-refractivity contribution in [2.24, 2.45) is 0 Å². The van der Waals surface area contributed by atoms with Gasteiger partial charge < -0.3 is 4.90 Å². The van der Waals surface area contributed by atoms with Crippen LogP contribution in [0.5, 0.6) is 0 Å². The highest BCUT2D eigenvalue weighted by molar-refractivity contribution is 5.95. The quantitative estimate of drug-likeness (QED) is 0.607. The number of fused-ring (bicyclic) bond motifs is 1. The molecule has 0 N–H and O–H groups in total. The summed E-state index contributed by atoms with van der Waals surface area (Å²) < 4.78 is 0. The SMILES string of the molecule is CCCCC(=O)N1CCc2ccc([N+](=O)[O-])cc21. The number of anilines is 1. The number of rotatable bonds is 4. The van der Waals surface area contributed by atoms with Crippen molar-refractivity contribution in [2.75, 3.05) is 11.4 Å². The highest BCUT2D eigenvalue weighted by Gasteiger charge is 2.26. The summed E-state index contributed by atoms with van der Waals surface area (Å²) in [6.45, 7) is 2.68. The van der Waals surface area contributed by atoms with Gasteiger partial charge in [0.25, 0.3) is 5.69 Å². The zero-order valence-corrected chi connectivity index (χ0v) is 10.4. The first kappa shape index (κ1) is 12.5. The van der Waals surface area contributed by atoms with Crippen molar-refractivity contribution in [3.63, 3.8) is 0 Å². The van der Waals surface area contributed by atoms with E-state index in [0.29, 0.717) is 18.7 Å². The zero-order valence-electron chi connectivity index (χ0n) is 10.4. The molecule has 0 spiro atoms. The molecule has 0 aromatic heterocycles. The molecule has 1 aromatic rings. The maximum Gasteiger partial charge on any atom is 0.271 e. The highest BCUT2D eigenvalue weighted by atomic mass is 16.6. The molecule has 0 aliphatic carbocycles. The number of hydrogen-bond acceptors (Lipinski definition) is 3. The van der Waals surface area contributed by atoms with Gasteiger partial charge in [-0.1, -0.05) is 19.4 Å². The minimum Gasteiger partial charge on any atom is -0.312 e. The van der Waals surface area contributed by atoms with Crippen LogP contribution >= 0.6 is 0 Å². The molecule has 96 valence electrons. The molecular weight excluding hydrogens is 232 g/mol. The fourth-order valence-electron chi connectivity index (χ4n) is 2.20. The molecule has 5 nitrogen and oxygen atoms in total. The van der Waals surface area contributed by atoms with Crippen LogP contribution in [-0.4, -0.2) is 17.4 Å². The first-order chi connectivity index (χ1) is 8.63. The third-order valence-electron chi connectivity index (χ3n) is 3.22. The lowest BCUT2D eigenvalue weighted by Crippen LogP contribution is -2.28. The molecule has 0 bridgehead atoms. The fraction of sp³-hybridized carbons (Fsp3) is 0.462. The third-order valence-corrected chi connectivity index (χ3v) is 3.22. The average molecular weight is 248 g/mol. The highest BCUT2D eigenvalue weighted by Crippen LogP contribution is 2.32. The van der Waals surface area contributed by atoms with E-state index in [9.17, 15) is 14.9 Å². The largest absolute Gasteiger partial charge is 0.312 e. The summed E-state index contributed by atoms with van der Waals surface area (Å²) in [6.07, 6.45) is 3.13. The number of nitro groups is 1. The zero-order chi connectivity index (χ0) is 13.1. The predicted octanol–water partition coefficient (Wildman–Crippen LogP) is 2.67. The van der Waals surface area contributed by atoms with Gasteiger partial charge in [0.15, 0.2) is 0 Å². The monoisotopic (exact) mass is 248 g/mol. The summed E-state index contributed by atoms with van der Waals surface area (Å²) in [6, 6.07) is 4.76. The number of benzene rings is 1. The normalized spacial score (nSPS) is 13.5. The van der Waals surface area contributed by atoms with Crippen LogP contribution in [0.4, 0.5) is 11.4 Å². The van der Waals surface area contributed by atoms with E-state index in [1.165, 1.54) is 12.1 Å². The Balaban J connectivity index is 2.23. The Labute approximate surface area is 106 Å². The van der Waals surface area contributed by atoms with E-state index in [-0.39, 0.29) is 11.6 Å². The van der Waals surface area contributed by atoms with Crippen LogP contribution in [0.25, 0.3) is 0 Å². The molecule has 1 amide bonds. The van der Waals surface area contributed by atoms with Crippen molar-refractivity contribution < 1.29 is 9.72 Å². The van der Waals surface area contributed by atoms with Gasteiger partial charge in [-0.2, -0.15) is 0 Å². The van der Waals surface area contributed by atoms with Gasteiger partial charge in [-0.25, -0.2) is 0 Å². The van der Waals surface area contributed by atoms with Crippen LogP contribution in [0.15, 0.2) is 18.2 Å². The maximum absolute atomic E-state index is 12.0. The number of nitro benzene ring substituents is 1. The summed E-state index contributed by atoms with van der Waals surface area (Å²) >= 11 is 0. The van der Waals surface area contributed by atoms with E-state index in [2.05, 4.69) is 0 Å². The molecular formula is C13H16N2O3. The first-order valence-electron chi connectivity index (χ1n) is 6.21. The molecule has 0 saturated carbocycles. The molecule has 0 unspecified atom stereocenters. The van der Waals surface area contributed by atoms with Gasteiger partial charge in [-0.3, -0.25) is 14.9 Å². The molecule has 1 aliphatic heterocycles. The van der Waals surface area contributed by atoms with Crippen molar-refractivity contribution >= 4 is 17.3 Å². The summed E-state index contributed by atoms with van der Waals surface area (Å²) in [7, 11) is 0. The van der Waals surface area contributed by atoms with Gasteiger partial charge >= 0.3 is 0 Å². The Morgan fingerprint density at radius 1 is 1.50 bits per heavy atom. The average Bonchev–Trinajstić information content (AvgIpc) is 2.78. The maximum atomic E-state index is 12.0. The number of carbonyl (C=O) groups excluding carboxylic acids is 1. The minimum absolute atomic E-state index is 0.0453. The lowest BCUT2D eigenvalue weighted by molar-refractivity contribution is -0.384. The Morgan fingerprint density at radius 3 is 2.94 bits per heavy atom. The summed E-state index contributed by atoms with van der Waals surface area (Å²) in [5.41, 5.74) is 1.78. The molecule has 0 atom stereocenters. The molecule has 2 rings (SSSR count). The van der Waals surface area contributed by atoms with E-state index < -0.39 is 4.92 Å².